The van der Waals surface area contributed by atoms with Crippen molar-refractivity contribution in [3.05, 3.63) is 86.9 Å². The number of hydrogen-bond donors (Lipinski definition) is 2. The second kappa shape index (κ2) is 8.50. The molecule has 6 heteroatoms. The first-order chi connectivity index (χ1) is 14.4. The molecule has 0 radical (unpaired) electrons. The van der Waals surface area contributed by atoms with Gasteiger partial charge in [0.25, 0.3) is 5.91 Å². The summed E-state index contributed by atoms with van der Waals surface area (Å²) in [6.07, 6.45) is 0.791. The van der Waals surface area contributed by atoms with E-state index in [4.69, 9.17) is 23.2 Å². The highest BCUT2D eigenvalue weighted by Gasteiger charge is 2.14. The van der Waals surface area contributed by atoms with E-state index >= 15 is 0 Å². The molecule has 0 bridgehead atoms. The van der Waals surface area contributed by atoms with Crippen LogP contribution in [0.4, 0.5) is 0 Å². The lowest BCUT2D eigenvalue weighted by Crippen LogP contribution is -2.25. The monoisotopic (exact) mass is 437 g/mol. The minimum absolute atomic E-state index is 0.117. The molecule has 1 amide bonds. The van der Waals surface area contributed by atoms with Crippen molar-refractivity contribution in [1.82, 2.24) is 15.3 Å². The molecule has 0 aliphatic heterocycles. The average molecular weight is 438 g/mol. The number of amides is 1. The molecule has 0 saturated carbocycles. The normalized spacial score (nSPS) is 11.1. The number of carbonyl (C=O) groups is 1. The molecule has 0 spiro atoms. The zero-order valence-electron chi connectivity index (χ0n) is 16.7. The van der Waals surface area contributed by atoms with E-state index in [1.165, 1.54) is 16.7 Å². The molecule has 0 aliphatic carbocycles. The summed E-state index contributed by atoms with van der Waals surface area (Å²) in [6, 6.07) is 17.1. The largest absolute Gasteiger partial charge is 0.352 e. The molecule has 4 rings (SSSR count). The van der Waals surface area contributed by atoms with Gasteiger partial charge >= 0.3 is 0 Å². The Morgan fingerprint density at radius 1 is 1.03 bits per heavy atom. The van der Waals surface area contributed by atoms with Gasteiger partial charge in [-0.2, -0.15) is 0 Å². The van der Waals surface area contributed by atoms with Gasteiger partial charge in [-0.05, 0) is 61.7 Å². The van der Waals surface area contributed by atoms with Crippen LogP contribution in [0.5, 0.6) is 0 Å². The molecular weight excluding hydrogens is 417 g/mol. The molecule has 1 heterocycles. The van der Waals surface area contributed by atoms with Crippen LogP contribution in [0.3, 0.4) is 0 Å². The maximum absolute atomic E-state index is 12.6. The molecule has 30 heavy (non-hydrogen) atoms. The number of H-pyrrole nitrogens is 1. The third-order valence-corrected chi connectivity index (χ3v) is 5.75. The number of rotatable bonds is 5. The van der Waals surface area contributed by atoms with E-state index in [-0.39, 0.29) is 5.91 Å². The lowest BCUT2D eigenvalue weighted by Gasteiger charge is -2.08. The van der Waals surface area contributed by atoms with E-state index in [9.17, 15) is 4.79 Å². The van der Waals surface area contributed by atoms with Crippen LogP contribution in [0.2, 0.25) is 10.0 Å². The fraction of sp³-hybridized carbons (Fsp3) is 0.167. The summed E-state index contributed by atoms with van der Waals surface area (Å²) < 4.78 is 0. The topological polar surface area (TPSA) is 57.8 Å². The minimum atomic E-state index is -0.117. The van der Waals surface area contributed by atoms with E-state index in [1.54, 1.807) is 30.3 Å². The number of nitrogens with one attached hydrogen (secondary N) is 2. The SMILES string of the molecule is Cc1ccc(CCNC(=O)c2ccc3nc(-c4c(Cl)cccc4Cl)[nH]c3c2)c(C)c1. The molecule has 2 N–H and O–H groups in total. The number of nitrogens with zero attached hydrogens (tertiary/aromatic N) is 1. The third-order valence-electron chi connectivity index (χ3n) is 5.12. The second-order valence-corrected chi connectivity index (χ2v) is 8.16. The number of aryl methyl sites for hydroxylation is 2. The predicted molar refractivity (Wildman–Crippen MR) is 124 cm³/mol. The molecule has 1 aromatic heterocycles. The molecular formula is C24H21Cl2N3O. The fourth-order valence-corrected chi connectivity index (χ4v) is 4.11. The van der Waals surface area contributed by atoms with Gasteiger partial charge in [-0.15, -0.1) is 0 Å². The maximum atomic E-state index is 12.6. The number of carbonyl (C=O) groups excluding carboxylic acids is 1. The Morgan fingerprint density at radius 2 is 1.80 bits per heavy atom. The summed E-state index contributed by atoms with van der Waals surface area (Å²) >= 11 is 12.6. The van der Waals surface area contributed by atoms with E-state index in [0.29, 0.717) is 33.5 Å². The molecule has 3 aromatic carbocycles. The number of halogens is 2. The van der Waals surface area contributed by atoms with Crippen molar-refractivity contribution in [2.75, 3.05) is 6.54 Å². The van der Waals surface area contributed by atoms with Crippen molar-refractivity contribution in [2.45, 2.75) is 20.3 Å². The Hall–Kier alpha value is -2.82. The zero-order valence-corrected chi connectivity index (χ0v) is 18.2. The van der Waals surface area contributed by atoms with Crippen molar-refractivity contribution in [3.8, 4) is 11.4 Å². The smallest absolute Gasteiger partial charge is 0.251 e. The van der Waals surface area contributed by atoms with Crippen molar-refractivity contribution in [3.63, 3.8) is 0 Å². The first-order valence-corrected chi connectivity index (χ1v) is 10.5. The Labute approximate surface area is 185 Å². The molecule has 0 unspecified atom stereocenters. The lowest BCUT2D eigenvalue weighted by molar-refractivity contribution is 0.0954. The van der Waals surface area contributed by atoms with Gasteiger partial charge < -0.3 is 10.3 Å². The van der Waals surface area contributed by atoms with Crippen molar-refractivity contribution in [2.24, 2.45) is 0 Å². The summed E-state index contributed by atoms with van der Waals surface area (Å²) in [7, 11) is 0. The summed E-state index contributed by atoms with van der Waals surface area (Å²) in [5.41, 5.74) is 6.45. The third kappa shape index (κ3) is 4.20. The van der Waals surface area contributed by atoms with E-state index < -0.39 is 0 Å². The molecule has 4 nitrogen and oxygen atoms in total. The van der Waals surface area contributed by atoms with E-state index in [2.05, 4.69) is 47.3 Å². The Balaban J connectivity index is 1.50. The summed E-state index contributed by atoms with van der Waals surface area (Å²) in [5.74, 6) is 0.460. The van der Waals surface area contributed by atoms with Crippen molar-refractivity contribution in [1.29, 1.82) is 0 Å². The van der Waals surface area contributed by atoms with Crippen LogP contribution in [-0.4, -0.2) is 22.4 Å². The average Bonchev–Trinajstić information content (AvgIpc) is 3.12. The van der Waals surface area contributed by atoms with E-state index in [1.807, 2.05) is 6.07 Å². The summed E-state index contributed by atoms with van der Waals surface area (Å²) in [5, 5.41) is 4.03. The van der Waals surface area contributed by atoms with Gasteiger partial charge in [0, 0.05) is 12.1 Å². The predicted octanol–water partition coefficient (Wildman–Crippen LogP) is 6.13. The van der Waals surface area contributed by atoms with Crippen molar-refractivity contribution >= 4 is 40.1 Å². The second-order valence-electron chi connectivity index (χ2n) is 7.35. The Bertz CT molecular complexity index is 1230. The van der Waals surface area contributed by atoms with Gasteiger partial charge in [-0.3, -0.25) is 4.79 Å². The number of aromatic nitrogens is 2. The molecule has 0 saturated heterocycles. The van der Waals surface area contributed by atoms with Crippen molar-refractivity contribution < 1.29 is 4.79 Å². The maximum Gasteiger partial charge on any atom is 0.251 e. The number of aromatic amines is 1. The quantitative estimate of drug-likeness (QED) is 0.394. The summed E-state index contributed by atoms with van der Waals surface area (Å²) in [6.45, 7) is 4.75. The Kier molecular flexibility index (Phi) is 5.80. The Morgan fingerprint density at radius 3 is 2.53 bits per heavy atom. The van der Waals surface area contributed by atoms with Crippen LogP contribution < -0.4 is 5.32 Å². The lowest BCUT2D eigenvalue weighted by atomic mass is 10.0. The van der Waals surface area contributed by atoms with Crippen LogP contribution in [0.15, 0.2) is 54.6 Å². The number of fused-ring (bicyclic) bond motifs is 1. The highest BCUT2D eigenvalue weighted by molar-refractivity contribution is 6.39. The number of benzene rings is 3. The van der Waals surface area contributed by atoms with Gasteiger partial charge in [0.05, 0.1) is 26.6 Å². The van der Waals surface area contributed by atoms with Crippen LogP contribution in [0.1, 0.15) is 27.0 Å². The highest BCUT2D eigenvalue weighted by Crippen LogP contribution is 2.33. The van der Waals surface area contributed by atoms with Gasteiger partial charge in [-0.1, -0.05) is 53.0 Å². The summed E-state index contributed by atoms with van der Waals surface area (Å²) in [4.78, 5) is 20.4. The first kappa shape index (κ1) is 20.5. The zero-order chi connectivity index (χ0) is 21.3. The van der Waals surface area contributed by atoms with Gasteiger partial charge in [0.2, 0.25) is 0 Å². The van der Waals surface area contributed by atoms with Gasteiger partial charge in [0.15, 0.2) is 0 Å². The van der Waals surface area contributed by atoms with Gasteiger partial charge in [0.1, 0.15) is 5.82 Å². The number of imidazole rings is 1. The molecule has 0 fully saturated rings. The standard InChI is InChI=1S/C24H21Cl2N3O/c1-14-6-7-16(15(2)12-14)10-11-27-24(30)17-8-9-20-21(13-17)29-23(28-20)22-18(25)4-3-5-19(22)26/h3-9,12-13H,10-11H2,1-2H3,(H,27,30)(H,28,29). The van der Waals surface area contributed by atoms with E-state index in [0.717, 1.165) is 17.5 Å². The number of hydrogen-bond acceptors (Lipinski definition) is 2. The van der Waals surface area contributed by atoms with Crippen LogP contribution >= 0.6 is 23.2 Å². The molecule has 152 valence electrons. The van der Waals surface area contributed by atoms with Gasteiger partial charge in [-0.25, -0.2) is 4.98 Å². The fourth-order valence-electron chi connectivity index (χ4n) is 3.53. The highest BCUT2D eigenvalue weighted by atomic mass is 35.5. The van der Waals surface area contributed by atoms with Crippen LogP contribution in [-0.2, 0) is 6.42 Å². The molecule has 0 aliphatic rings. The van der Waals surface area contributed by atoms with Crippen LogP contribution in [0.25, 0.3) is 22.4 Å². The van der Waals surface area contributed by atoms with Crippen LogP contribution in [0, 0.1) is 13.8 Å². The minimum Gasteiger partial charge on any atom is -0.352 e. The molecule has 0 atom stereocenters. The molecule has 4 aromatic rings. The first-order valence-electron chi connectivity index (χ1n) is 9.71.